The molecule has 0 unspecified atom stereocenters. The van der Waals surface area contributed by atoms with Crippen LogP contribution in [0.25, 0.3) is 0 Å². The Labute approximate surface area is 120 Å². The smallest absolute Gasteiger partial charge is 0.306 e. The monoisotopic (exact) mass is 350 g/mol. The number of ether oxygens (including phenoxy) is 1. The van der Waals surface area contributed by atoms with E-state index in [1.807, 2.05) is 0 Å². The van der Waals surface area contributed by atoms with E-state index < -0.39 is 16.0 Å². The summed E-state index contributed by atoms with van der Waals surface area (Å²) in [5.41, 5.74) is 6.06. The quantitative estimate of drug-likeness (QED) is 0.636. The van der Waals surface area contributed by atoms with Gasteiger partial charge in [-0.3, -0.25) is 4.79 Å². The van der Waals surface area contributed by atoms with Gasteiger partial charge in [0.1, 0.15) is 0 Å². The summed E-state index contributed by atoms with van der Waals surface area (Å²) in [5, 5.41) is 0. The number of benzene rings is 1. The van der Waals surface area contributed by atoms with Gasteiger partial charge in [-0.25, -0.2) is 12.7 Å². The van der Waals surface area contributed by atoms with Gasteiger partial charge in [0.05, 0.1) is 18.4 Å². The molecule has 0 saturated carbocycles. The Bertz CT molecular complexity index is 574. The van der Waals surface area contributed by atoms with Gasteiger partial charge in [-0.1, -0.05) is 0 Å². The number of hydrogen-bond donors (Lipinski definition) is 1. The summed E-state index contributed by atoms with van der Waals surface area (Å²) in [4.78, 5) is 11.1. The van der Waals surface area contributed by atoms with E-state index in [0.29, 0.717) is 10.2 Å². The maximum atomic E-state index is 12.2. The number of halogens is 1. The summed E-state index contributed by atoms with van der Waals surface area (Å²) in [6, 6.07) is 4.36. The highest BCUT2D eigenvalue weighted by atomic mass is 79.9. The van der Waals surface area contributed by atoms with E-state index in [9.17, 15) is 13.2 Å². The first-order chi connectivity index (χ1) is 8.78. The Hall–Kier alpha value is -1.12. The number of anilines is 1. The van der Waals surface area contributed by atoms with Crippen LogP contribution in [0.3, 0.4) is 0 Å². The average molecular weight is 351 g/mol. The van der Waals surface area contributed by atoms with E-state index in [1.165, 1.54) is 32.4 Å². The molecule has 0 aliphatic carbocycles. The largest absolute Gasteiger partial charge is 0.469 e. The first-order valence-electron chi connectivity index (χ1n) is 5.37. The third-order valence-electron chi connectivity index (χ3n) is 2.54. The van der Waals surface area contributed by atoms with Crippen molar-refractivity contribution in [1.29, 1.82) is 0 Å². The lowest BCUT2D eigenvalue weighted by Gasteiger charge is -2.17. The number of nitrogens with two attached hydrogens (primary N) is 1. The summed E-state index contributed by atoms with van der Waals surface area (Å²) >= 11 is 3.18. The predicted molar refractivity (Wildman–Crippen MR) is 75.0 cm³/mol. The number of esters is 1. The number of methoxy groups -OCH3 is 1. The number of nitrogens with zero attached hydrogens (tertiary/aromatic N) is 1. The SMILES string of the molecule is COC(=O)CCN(C)S(=O)(=O)c1ccc(N)c(Br)c1. The molecular formula is C11H15BrN2O4S. The fourth-order valence-corrected chi connectivity index (χ4v) is 3.05. The van der Waals surface area contributed by atoms with E-state index >= 15 is 0 Å². The first kappa shape index (κ1) is 15.9. The van der Waals surface area contributed by atoms with Crippen LogP contribution in [0.5, 0.6) is 0 Å². The topological polar surface area (TPSA) is 89.7 Å². The van der Waals surface area contributed by atoms with Crippen LogP contribution in [0.15, 0.2) is 27.6 Å². The van der Waals surface area contributed by atoms with Crippen molar-refractivity contribution < 1.29 is 17.9 Å². The molecule has 0 spiro atoms. The van der Waals surface area contributed by atoms with Crippen LogP contribution in [-0.4, -0.2) is 39.4 Å². The molecule has 19 heavy (non-hydrogen) atoms. The third-order valence-corrected chi connectivity index (χ3v) is 5.08. The van der Waals surface area contributed by atoms with Crippen LogP contribution in [-0.2, 0) is 19.6 Å². The number of sulfonamides is 1. The molecule has 6 nitrogen and oxygen atoms in total. The third kappa shape index (κ3) is 3.92. The fraction of sp³-hybridized carbons (Fsp3) is 0.364. The van der Waals surface area contributed by atoms with Crippen molar-refractivity contribution in [3.05, 3.63) is 22.7 Å². The van der Waals surface area contributed by atoms with E-state index in [-0.39, 0.29) is 17.9 Å². The van der Waals surface area contributed by atoms with Gasteiger partial charge < -0.3 is 10.5 Å². The zero-order valence-electron chi connectivity index (χ0n) is 10.6. The number of carbonyl (C=O) groups excluding carboxylic acids is 1. The van der Waals surface area contributed by atoms with E-state index in [4.69, 9.17) is 5.73 Å². The van der Waals surface area contributed by atoms with Crippen LogP contribution >= 0.6 is 15.9 Å². The molecule has 0 fully saturated rings. The highest BCUT2D eigenvalue weighted by molar-refractivity contribution is 9.10. The predicted octanol–water partition coefficient (Wildman–Crippen LogP) is 1.21. The van der Waals surface area contributed by atoms with Crippen LogP contribution in [0, 0.1) is 0 Å². The van der Waals surface area contributed by atoms with E-state index in [0.717, 1.165) is 4.31 Å². The van der Waals surface area contributed by atoms with Gasteiger partial charge in [0.2, 0.25) is 10.0 Å². The molecule has 0 amide bonds. The standard InChI is InChI=1S/C11H15BrN2O4S/c1-14(6-5-11(15)18-2)19(16,17)8-3-4-10(13)9(12)7-8/h3-4,7H,5-6,13H2,1-2H3. The van der Waals surface area contributed by atoms with Crippen molar-refractivity contribution in [1.82, 2.24) is 4.31 Å². The summed E-state index contributed by atoms with van der Waals surface area (Å²) in [7, 11) is -0.979. The second-order valence-corrected chi connectivity index (χ2v) is 6.74. The average Bonchev–Trinajstić information content (AvgIpc) is 2.38. The molecule has 0 radical (unpaired) electrons. The van der Waals surface area contributed by atoms with Gasteiger partial charge in [0.25, 0.3) is 0 Å². The van der Waals surface area contributed by atoms with Crippen molar-refractivity contribution in [2.24, 2.45) is 0 Å². The zero-order valence-corrected chi connectivity index (χ0v) is 13.0. The van der Waals surface area contributed by atoms with Crippen molar-refractivity contribution in [2.75, 3.05) is 26.4 Å². The van der Waals surface area contributed by atoms with E-state index in [2.05, 4.69) is 20.7 Å². The maximum Gasteiger partial charge on any atom is 0.306 e. The molecule has 0 saturated heterocycles. The molecule has 1 rings (SSSR count). The minimum Gasteiger partial charge on any atom is -0.469 e. The first-order valence-corrected chi connectivity index (χ1v) is 7.60. The molecule has 1 aromatic carbocycles. The van der Waals surface area contributed by atoms with Crippen molar-refractivity contribution >= 4 is 37.6 Å². The molecule has 8 heteroatoms. The molecule has 0 heterocycles. The van der Waals surface area contributed by atoms with Gasteiger partial charge in [-0.05, 0) is 34.1 Å². The van der Waals surface area contributed by atoms with Gasteiger partial charge in [-0.15, -0.1) is 0 Å². The van der Waals surface area contributed by atoms with Gasteiger partial charge in [0, 0.05) is 23.8 Å². The molecule has 2 N–H and O–H groups in total. The Morgan fingerprint density at radius 3 is 2.63 bits per heavy atom. The van der Waals surface area contributed by atoms with Crippen molar-refractivity contribution in [3.8, 4) is 0 Å². The normalized spacial score (nSPS) is 11.6. The summed E-state index contributed by atoms with van der Waals surface area (Å²) in [6.07, 6.45) is 0.00235. The second kappa shape index (κ2) is 6.36. The highest BCUT2D eigenvalue weighted by Crippen LogP contribution is 2.24. The number of carbonyl (C=O) groups is 1. The Balaban J connectivity index is 2.90. The molecule has 0 atom stereocenters. The molecule has 0 bridgehead atoms. The maximum absolute atomic E-state index is 12.2. The molecule has 0 aliphatic heterocycles. The van der Waals surface area contributed by atoms with Gasteiger partial charge in [0.15, 0.2) is 0 Å². The van der Waals surface area contributed by atoms with Crippen LogP contribution in [0.1, 0.15) is 6.42 Å². The summed E-state index contributed by atoms with van der Waals surface area (Å²) < 4.78 is 30.5. The van der Waals surface area contributed by atoms with Gasteiger partial charge in [-0.2, -0.15) is 0 Å². The Kier molecular flexibility index (Phi) is 5.33. The van der Waals surface area contributed by atoms with Crippen LogP contribution < -0.4 is 5.73 Å². The van der Waals surface area contributed by atoms with Crippen LogP contribution in [0.2, 0.25) is 0 Å². The van der Waals surface area contributed by atoms with Crippen LogP contribution in [0.4, 0.5) is 5.69 Å². The highest BCUT2D eigenvalue weighted by Gasteiger charge is 2.22. The van der Waals surface area contributed by atoms with Crippen molar-refractivity contribution in [3.63, 3.8) is 0 Å². The molecule has 106 valence electrons. The Morgan fingerprint density at radius 1 is 1.47 bits per heavy atom. The molecule has 1 aromatic rings. The zero-order chi connectivity index (χ0) is 14.6. The minimum atomic E-state index is -3.64. The number of rotatable bonds is 5. The lowest BCUT2D eigenvalue weighted by Crippen LogP contribution is -2.29. The number of hydrogen-bond acceptors (Lipinski definition) is 5. The minimum absolute atomic E-state index is 0.00235. The molecule has 0 aliphatic rings. The van der Waals surface area contributed by atoms with E-state index in [1.54, 1.807) is 0 Å². The summed E-state index contributed by atoms with van der Waals surface area (Å²) in [6.45, 7) is 0.0526. The molecule has 0 aromatic heterocycles. The van der Waals surface area contributed by atoms with Gasteiger partial charge >= 0.3 is 5.97 Å². The number of nitrogen functional groups attached to an aromatic ring is 1. The fourth-order valence-electron chi connectivity index (χ4n) is 1.32. The Morgan fingerprint density at radius 2 is 2.11 bits per heavy atom. The van der Waals surface area contributed by atoms with Crippen molar-refractivity contribution in [2.45, 2.75) is 11.3 Å². The summed E-state index contributed by atoms with van der Waals surface area (Å²) in [5.74, 6) is -0.458. The lowest BCUT2D eigenvalue weighted by molar-refractivity contribution is -0.140. The molecular weight excluding hydrogens is 336 g/mol. The second-order valence-electron chi connectivity index (χ2n) is 3.84. The lowest BCUT2D eigenvalue weighted by atomic mass is 10.3.